The van der Waals surface area contributed by atoms with Gasteiger partial charge in [0.25, 0.3) is 0 Å². The maximum Gasteiger partial charge on any atom is 0.227 e. The molecule has 2 rings (SSSR count). The average molecular weight is 324 g/mol. The van der Waals surface area contributed by atoms with E-state index in [1.54, 1.807) is 0 Å². The monoisotopic (exact) mass is 323 g/mol. The molecular weight excluding hydrogens is 302 g/mol. The number of amides is 1. The molecule has 1 aromatic rings. The molecule has 1 aliphatic rings. The van der Waals surface area contributed by atoms with Crippen molar-refractivity contribution in [1.82, 2.24) is 5.32 Å². The van der Waals surface area contributed by atoms with E-state index in [1.165, 1.54) is 19.3 Å². The molecule has 2 nitrogen and oxygen atoms in total. The third-order valence-electron chi connectivity index (χ3n) is 4.13. The molecule has 0 radical (unpaired) electrons. The van der Waals surface area contributed by atoms with Gasteiger partial charge in [0.05, 0.1) is 5.92 Å². The first-order chi connectivity index (χ1) is 9.22. The zero-order valence-corrected chi connectivity index (χ0v) is 13.0. The molecule has 1 amide bonds. The molecule has 1 aliphatic carbocycles. The average Bonchev–Trinajstić information content (AvgIpc) is 2.48. The number of halogens is 1. The minimum atomic E-state index is -0.0703. The van der Waals surface area contributed by atoms with Gasteiger partial charge in [0.1, 0.15) is 0 Å². The van der Waals surface area contributed by atoms with E-state index in [2.05, 4.69) is 21.2 Å². The minimum Gasteiger partial charge on any atom is -0.353 e. The van der Waals surface area contributed by atoms with E-state index in [4.69, 9.17) is 0 Å². The van der Waals surface area contributed by atoms with E-state index in [9.17, 15) is 4.79 Å². The summed E-state index contributed by atoms with van der Waals surface area (Å²) in [4.78, 5) is 12.3. The fraction of sp³-hybridized carbons (Fsp3) is 0.562. The summed E-state index contributed by atoms with van der Waals surface area (Å²) in [6.07, 6.45) is 4.85. The predicted molar refractivity (Wildman–Crippen MR) is 82.5 cm³/mol. The third kappa shape index (κ3) is 3.82. The number of carbonyl (C=O) groups excluding carboxylic acids is 1. The first-order valence-electron chi connectivity index (χ1n) is 7.13. The van der Waals surface area contributed by atoms with Crippen LogP contribution in [-0.4, -0.2) is 17.3 Å². The van der Waals surface area contributed by atoms with Crippen molar-refractivity contribution < 1.29 is 4.79 Å². The Bertz CT molecular complexity index is 406. The first kappa shape index (κ1) is 14.6. The van der Waals surface area contributed by atoms with Crippen LogP contribution in [0.25, 0.3) is 0 Å². The highest BCUT2D eigenvalue weighted by molar-refractivity contribution is 9.09. The molecule has 3 atom stereocenters. The van der Waals surface area contributed by atoms with Gasteiger partial charge in [-0.2, -0.15) is 0 Å². The van der Waals surface area contributed by atoms with Crippen molar-refractivity contribution in [2.75, 3.05) is 5.33 Å². The Morgan fingerprint density at radius 1 is 1.32 bits per heavy atom. The van der Waals surface area contributed by atoms with Crippen LogP contribution in [0, 0.1) is 5.92 Å². The van der Waals surface area contributed by atoms with Crippen LogP contribution in [0.2, 0.25) is 0 Å². The summed E-state index contributed by atoms with van der Waals surface area (Å²) in [6.45, 7) is 1.98. The topological polar surface area (TPSA) is 29.1 Å². The van der Waals surface area contributed by atoms with Gasteiger partial charge in [0, 0.05) is 11.4 Å². The number of hydrogen-bond acceptors (Lipinski definition) is 1. The second kappa shape index (κ2) is 7.09. The molecule has 1 fully saturated rings. The van der Waals surface area contributed by atoms with Gasteiger partial charge in [-0.15, -0.1) is 0 Å². The summed E-state index contributed by atoms with van der Waals surface area (Å²) in [5.74, 6) is 0.670. The highest BCUT2D eigenvalue weighted by atomic mass is 79.9. The van der Waals surface area contributed by atoms with Crippen molar-refractivity contribution in [2.45, 2.75) is 44.6 Å². The number of nitrogens with one attached hydrogen (secondary N) is 1. The van der Waals surface area contributed by atoms with E-state index in [0.717, 1.165) is 17.3 Å². The lowest BCUT2D eigenvalue weighted by Crippen LogP contribution is -2.44. The van der Waals surface area contributed by atoms with Gasteiger partial charge in [-0.3, -0.25) is 4.79 Å². The van der Waals surface area contributed by atoms with Crippen LogP contribution in [0.5, 0.6) is 0 Å². The van der Waals surface area contributed by atoms with Crippen LogP contribution >= 0.6 is 15.9 Å². The van der Waals surface area contributed by atoms with Gasteiger partial charge >= 0.3 is 0 Å². The van der Waals surface area contributed by atoms with Crippen molar-refractivity contribution in [3.05, 3.63) is 35.9 Å². The Labute approximate surface area is 124 Å². The van der Waals surface area contributed by atoms with Crippen LogP contribution < -0.4 is 5.32 Å². The van der Waals surface area contributed by atoms with Gasteiger partial charge < -0.3 is 5.32 Å². The van der Waals surface area contributed by atoms with Crippen LogP contribution in [0.4, 0.5) is 0 Å². The molecule has 1 N–H and O–H groups in total. The summed E-state index contributed by atoms with van der Waals surface area (Å²) >= 11 is 3.57. The smallest absolute Gasteiger partial charge is 0.227 e. The number of carbonyl (C=O) groups is 1. The minimum absolute atomic E-state index is 0.0703. The van der Waals surface area contributed by atoms with Crippen molar-refractivity contribution in [1.29, 1.82) is 0 Å². The van der Waals surface area contributed by atoms with Gasteiger partial charge in [0.15, 0.2) is 0 Å². The molecule has 0 aliphatic heterocycles. The molecule has 19 heavy (non-hydrogen) atoms. The molecule has 0 heterocycles. The maximum absolute atomic E-state index is 12.3. The van der Waals surface area contributed by atoms with Gasteiger partial charge in [-0.05, 0) is 31.2 Å². The summed E-state index contributed by atoms with van der Waals surface area (Å²) < 4.78 is 0. The van der Waals surface area contributed by atoms with Crippen molar-refractivity contribution in [2.24, 2.45) is 5.92 Å². The molecule has 0 saturated heterocycles. The molecule has 0 bridgehead atoms. The molecule has 1 aromatic carbocycles. The molecule has 3 unspecified atom stereocenters. The summed E-state index contributed by atoms with van der Waals surface area (Å²) in [5, 5.41) is 4.23. The summed E-state index contributed by atoms with van der Waals surface area (Å²) in [7, 11) is 0. The lowest BCUT2D eigenvalue weighted by molar-refractivity contribution is -0.123. The SMILES string of the molecule is CC(C(=O)NC1CCCCC1CBr)c1ccccc1. The Balaban J connectivity index is 1.96. The van der Waals surface area contributed by atoms with Crippen LogP contribution in [0.3, 0.4) is 0 Å². The molecule has 0 spiro atoms. The van der Waals surface area contributed by atoms with E-state index in [0.29, 0.717) is 12.0 Å². The molecular formula is C16H22BrNO. The molecule has 3 heteroatoms. The Morgan fingerprint density at radius 2 is 2.00 bits per heavy atom. The van der Waals surface area contributed by atoms with E-state index in [1.807, 2.05) is 37.3 Å². The van der Waals surface area contributed by atoms with E-state index in [-0.39, 0.29) is 11.8 Å². The van der Waals surface area contributed by atoms with Gasteiger partial charge in [0.2, 0.25) is 5.91 Å². The Kier molecular flexibility index (Phi) is 5.44. The zero-order valence-electron chi connectivity index (χ0n) is 11.4. The number of alkyl halides is 1. The summed E-state index contributed by atoms with van der Waals surface area (Å²) in [6, 6.07) is 10.3. The second-order valence-corrected chi connectivity index (χ2v) is 6.09. The number of benzene rings is 1. The number of rotatable bonds is 4. The fourth-order valence-corrected chi connectivity index (χ4v) is 3.56. The van der Waals surface area contributed by atoms with Crippen LogP contribution in [0.1, 0.15) is 44.1 Å². The van der Waals surface area contributed by atoms with E-state index >= 15 is 0 Å². The third-order valence-corrected chi connectivity index (χ3v) is 4.96. The predicted octanol–water partition coefficient (Wildman–Crippen LogP) is 3.86. The lowest BCUT2D eigenvalue weighted by atomic mass is 9.85. The molecule has 0 aromatic heterocycles. The van der Waals surface area contributed by atoms with Crippen molar-refractivity contribution >= 4 is 21.8 Å². The fourth-order valence-electron chi connectivity index (χ4n) is 2.78. The van der Waals surface area contributed by atoms with Gasteiger partial charge in [-0.25, -0.2) is 0 Å². The molecule has 1 saturated carbocycles. The normalized spacial score (nSPS) is 24.7. The molecule has 104 valence electrons. The highest BCUT2D eigenvalue weighted by Gasteiger charge is 2.27. The van der Waals surface area contributed by atoms with Crippen molar-refractivity contribution in [3.8, 4) is 0 Å². The largest absolute Gasteiger partial charge is 0.353 e. The second-order valence-electron chi connectivity index (χ2n) is 5.45. The standard InChI is InChI=1S/C16H22BrNO/c1-12(13-7-3-2-4-8-13)16(19)18-15-10-6-5-9-14(15)11-17/h2-4,7-8,12,14-15H,5-6,9-11H2,1H3,(H,18,19). The first-order valence-corrected chi connectivity index (χ1v) is 8.25. The quantitative estimate of drug-likeness (QED) is 0.837. The Morgan fingerprint density at radius 3 is 2.68 bits per heavy atom. The van der Waals surface area contributed by atoms with Crippen molar-refractivity contribution in [3.63, 3.8) is 0 Å². The van der Waals surface area contributed by atoms with Crippen LogP contribution in [0.15, 0.2) is 30.3 Å². The maximum atomic E-state index is 12.3. The summed E-state index contributed by atoms with van der Waals surface area (Å²) in [5.41, 5.74) is 1.09. The highest BCUT2D eigenvalue weighted by Crippen LogP contribution is 2.26. The van der Waals surface area contributed by atoms with E-state index < -0.39 is 0 Å². The Hall–Kier alpha value is -0.830. The lowest BCUT2D eigenvalue weighted by Gasteiger charge is -2.31. The number of hydrogen-bond donors (Lipinski definition) is 1. The van der Waals surface area contributed by atoms with Crippen LogP contribution in [-0.2, 0) is 4.79 Å². The zero-order chi connectivity index (χ0) is 13.7. The van der Waals surface area contributed by atoms with Gasteiger partial charge in [-0.1, -0.05) is 59.1 Å².